The maximum absolute atomic E-state index is 12.0. The highest BCUT2D eigenvalue weighted by molar-refractivity contribution is 7.94. The van der Waals surface area contributed by atoms with E-state index in [4.69, 9.17) is 9.97 Å². The van der Waals surface area contributed by atoms with Crippen LogP contribution in [0.5, 0.6) is 0 Å². The fourth-order valence-electron chi connectivity index (χ4n) is 6.99. The fraction of sp³-hybridized carbons (Fsp3) is 0.808. The van der Waals surface area contributed by atoms with Crippen molar-refractivity contribution in [2.45, 2.75) is 69.4 Å². The average Bonchev–Trinajstić information content (AvgIpc) is 3.50. The van der Waals surface area contributed by atoms with Gasteiger partial charge in [0.2, 0.25) is 5.95 Å². The average molecular weight is 500 g/mol. The molecule has 3 aliphatic heterocycles. The summed E-state index contributed by atoms with van der Waals surface area (Å²) >= 11 is 1.95. The Morgan fingerprint density at radius 2 is 1.86 bits per heavy atom. The Bertz CT molecular complexity index is 934. The summed E-state index contributed by atoms with van der Waals surface area (Å²) in [7, 11) is 4.39. The van der Waals surface area contributed by atoms with Crippen molar-refractivity contribution in [2.75, 3.05) is 63.6 Å². The lowest BCUT2D eigenvalue weighted by molar-refractivity contribution is -0.109. The Hall–Kier alpha value is -1.42. The molecule has 192 valence electrons. The Kier molecular flexibility index (Phi) is 6.26. The predicted molar refractivity (Wildman–Crippen MR) is 142 cm³/mol. The van der Waals surface area contributed by atoms with Crippen LogP contribution in [0.1, 0.15) is 57.4 Å². The number of hydrogen-bond donors (Lipinski definition) is 1. The lowest BCUT2D eigenvalue weighted by Gasteiger charge is -2.59. The number of anilines is 2. The molecule has 0 bridgehead atoms. The summed E-state index contributed by atoms with van der Waals surface area (Å²) < 4.78 is 5.06. The zero-order valence-corrected chi connectivity index (χ0v) is 22.4. The predicted octanol–water partition coefficient (Wildman–Crippen LogP) is 3.02. The van der Waals surface area contributed by atoms with Crippen molar-refractivity contribution >= 4 is 30.2 Å². The largest absolute Gasteiger partial charge is 0.356 e. The molecule has 1 aromatic heterocycles. The zero-order valence-electron chi connectivity index (χ0n) is 21.6. The number of hydrogen-bond acceptors (Lipinski definition) is 9. The molecular formula is C26H41N7OS. The second-order valence-corrected chi connectivity index (χ2v) is 13.4. The first-order valence-corrected chi connectivity index (χ1v) is 14.3. The first-order valence-electron chi connectivity index (χ1n) is 13.6. The molecule has 35 heavy (non-hydrogen) atoms. The van der Waals surface area contributed by atoms with Gasteiger partial charge in [0.15, 0.2) is 0 Å². The number of nitrogens with zero attached hydrogens (tertiary/aromatic N) is 6. The van der Waals surface area contributed by atoms with Gasteiger partial charge >= 0.3 is 0 Å². The highest BCUT2D eigenvalue weighted by Gasteiger charge is 2.51. The van der Waals surface area contributed by atoms with Gasteiger partial charge in [0.25, 0.3) is 0 Å². The van der Waals surface area contributed by atoms with E-state index in [2.05, 4.69) is 44.7 Å². The minimum Gasteiger partial charge on any atom is -0.356 e. The van der Waals surface area contributed by atoms with E-state index < -0.39 is 0 Å². The third-order valence-corrected chi connectivity index (χ3v) is 10.3. The number of aromatic nitrogens is 2. The Labute approximate surface area is 214 Å². The molecule has 0 amide bonds. The first kappa shape index (κ1) is 23.9. The molecule has 2 aliphatic carbocycles. The van der Waals surface area contributed by atoms with Gasteiger partial charge in [0.05, 0.1) is 5.41 Å². The molecular weight excluding hydrogens is 458 g/mol. The Morgan fingerprint density at radius 3 is 2.46 bits per heavy atom. The second-order valence-electron chi connectivity index (χ2n) is 12.2. The van der Waals surface area contributed by atoms with Crippen molar-refractivity contribution in [1.82, 2.24) is 23.5 Å². The number of aldehydes is 1. The first-order chi connectivity index (χ1) is 16.9. The molecule has 3 saturated heterocycles. The quantitative estimate of drug-likeness (QED) is 0.429. The standard InChI is InChI=1S/C26H41N7OS/c1-19-5-4-6-22(19)31(3)23-21(26(18-34)9-10-26)13-27-24(29-23)28-20-7-11-32(12-8-20)35-33-16-25(17-33)14-30(2)15-25/h13,18-20,22H,4-12,14-17H2,1-3H3,(H,27,28,29). The highest BCUT2D eigenvalue weighted by Crippen LogP contribution is 2.50. The maximum Gasteiger partial charge on any atom is 0.224 e. The number of carbonyl (C=O) groups is 1. The number of piperidine rings is 1. The molecule has 1 spiro atoms. The highest BCUT2D eigenvalue weighted by atomic mass is 32.2. The van der Waals surface area contributed by atoms with Crippen LogP contribution in [0, 0.1) is 11.3 Å². The number of likely N-dealkylation sites (tertiary alicyclic amines) is 1. The van der Waals surface area contributed by atoms with Crippen LogP contribution in [0.4, 0.5) is 11.8 Å². The van der Waals surface area contributed by atoms with Crippen molar-refractivity contribution in [3.63, 3.8) is 0 Å². The number of rotatable bonds is 8. The summed E-state index contributed by atoms with van der Waals surface area (Å²) in [6.07, 6.45) is 10.8. The van der Waals surface area contributed by atoms with Crippen LogP contribution in [0.3, 0.4) is 0 Å². The van der Waals surface area contributed by atoms with Gasteiger partial charge in [0, 0.05) is 87.7 Å². The van der Waals surface area contributed by atoms with Crippen LogP contribution in [-0.4, -0.2) is 95.2 Å². The molecule has 1 N–H and O–H groups in total. The van der Waals surface area contributed by atoms with E-state index in [-0.39, 0.29) is 5.41 Å². The molecule has 0 aromatic carbocycles. The van der Waals surface area contributed by atoms with Crippen LogP contribution in [0.25, 0.3) is 0 Å². The molecule has 1 aromatic rings. The van der Waals surface area contributed by atoms with Gasteiger partial charge in [-0.05, 0) is 51.5 Å². The lowest BCUT2D eigenvalue weighted by atomic mass is 9.75. The van der Waals surface area contributed by atoms with E-state index in [1.54, 1.807) is 0 Å². The minimum absolute atomic E-state index is 0.364. The smallest absolute Gasteiger partial charge is 0.224 e. The summed E-state index contributed by atoms with van der Waals surface area (Å²) in [6.45, 7) is 9.52. The summed E-state index contributed by atoms with van der Waals surface area (Å²) in [6, 6.07) is 0.880. The van der Waals surface area contributed by atoms with Gasteiger partial charge in [-0.2, -0.15) is 4.98 Å². The number of nitrogens with one attached hydrogen (secondary N) is 1. The van der Waals surface area contributed by atoms with Gasteiger partial charge in [-0.15, -0.1) is 0 Å². The molecule has 5 fully saturated rings. The van der Waals surface area contributed by atoms with Crippen molar-refractivity contribution < 1.29 is 4.79 Å². The SMILES string of the molecule is CC1CCCC1N(C)c1nc(NC2CCN(SN3CC4(CN(C)C4)C3)CC2)ncc1C1(C=O)CC1. The Morgan fingerprint density at radius 1 is 1.11 bits per heavy atom. The van der Waals surface area contributed by atoms with Gasteiger partial charge in [-0.25, -0.2) is 13.6 Å². The van der Waals surface area contributed by atoms with Crippen molar-refractivity contribution in [3.8, 4) is 0 Å². The molecule has 6 rings (SSSR count). The molecule has 2 unspecified atom stereocenters. The van der Waals surface area contributed by atoms with Crippen LogP contribution < -0.4 is 10.2 Å². The normalized spacial score (nSPS) is 30.6. The molecule has 5 aliphatic rings. The molecule has 9 heteroatoms. The Balaban J connectivity index is 1.07. The summed E-state index contributed by atoms with van der Waals surface area (Å²) in [5.41, 5.74) is 1.25. The van der Waals surface area contributed by atoms with Gasteiger partial charge in [0.1, 0.15) is 12.1 Å². The van der Waals surface area contributed by atoms with Crippen LogP contribution in [-0.2, 0) is 10.2 Å². The van der Waals surface area contributed by atoms with E-state index in [1.165, 1.54) is 45.4 Å². The topological polar surface area (TPSA) is 67.8 Å². The fourth-order valence-corrected chi connectivity index (χ4v) is 8.36. The molecule has 0 radical (unpaired) electrons. The van der Waals surface area contributed by atoms with Crippen molar-refractivity contribution in [1.29, 1.82) is 0 Å². The van der Waals surface area contributed by atoms with Crippen molar-refractivity contribution in [2.24, 2.45) is 11.3 Å². The van der Waals surface area contributed by atoms with Crippen LogP contribution in [0.15, 0.2) is 6.20 Å². The van der Waals surface area contributed by atoms with Crippen LogP contribution in [0.2, 0.25) is 0 Å². The summed E-state index contributed by atoms with van der Waals surface area (Å²) in [5.74, 6) is 2.33. The van der Waals surface area contributed by atoms with E-state index in [9.17, 15) is 4.79 Å². The van der Waals surface area contributed by atoms with E-state index in [1.807, 2.05) is 18.3 Å². The monoisotopic (exact) mass is 499 g/mol. The third-order valence-electron chi connectivity index (χ3n) is 9.22. The molecule has 8 nitrogen and oxygen atoms in total. The van der Waals surface area contributed by atoms with Gasteiger partial charge in [-0.3, -0.25) is 0 Å². The molecule has 4 heterocycles. The molecule has 2 atom stereocenters. The maximum atomic E-state index is 12.0. The third kappa shape index (κ3) is 4.58. The van der Waals surface area contributed by atoms with E-state index in [0.717, 1.165) is 56.4 Å². The van der Waals surface area contributed by atoms with Crippen molar-refractivity contribution in [3.05, 3.63) is 11.8 Å². The van der Waals surface area contributed by atoms with Gasteiger partial charge in [-0.1, -0.05) is 13.3 Å². The zero-order chi connectivity index (χ0) is 24.2. The van der Waals surface area contributed by atoms with E-state index >= 15 is 0 Å². The summed E-state index contributed by atoms with van der Waals surface area (Å²) in [5, 5.41) is 3.64. The van der Waals surface area contributed by atoms with Crippen LogP contribution >= 0.6 is 12.1 Å². The summed E-state index contributed by atoms with van der Waals surface area (Å²) in [4.78, 5) is 26.5. The number of carbonyl (C=O) groups excluding carboxylic acids is 1. The lowest BCUT2D eigenvalue weighted by Crippen LogP contribution is -2.69. The van der Waals surface area contributed by atoms with Gasteiger partial charge < -0.3 is 19.9 Å². The second kappa shape index (κ2) is 9.15. The molecule has 2 saturated carbocycles. The minimum atomic E-state index is -0.364. The van der Waals surface area contributed by atoms with E-state index in [0.29, 0.717) is 29.4 Å².